The van der Waals surface area contributed by atoms with Gasteiger partial charge in [-0.3, -0.25) is 4.79 Å². The molecule has 6 nitrogen and oxygen atoms in total. The fourth-order valence-electron chi connectivity index (χ4n) is 2.65. The van der Waals surface area contributed by atoms with Gasteiger partial charge < -0.3 is 14.7 Å². The molecule has 2 rings (SSSR count). The molecule has 0 radical (unpaired) electrons. The van der Waals surface area contributed by atoms with E-state index in [0.717, 1.165) is 23.8 Å². The number of rotatable bonds is 5. The van der Waals surface area contributed by atoms with Gasteiger partial charge in [0.2, 0.25) is 0 Å². The molecule has 0 amide bonds. The summed E-state index contributed by atoms with van der Waals surface area (Å²) in [5.74, 6) is 0.732. The first-order valence-electron chi connectivity index (χ1n) is 6.82. The van der Waals surface area contributed by atoms with Gasteiger partial charge in [0.15, 0.2) is 0 Å². The van der Waals surface area contributed by atoms with Gasteiger partial charge in [-0.15, -0.1) is 0 Å². The summed E-state index contributed by atoms with van der Waals surface area (Å²) in [6.07, 6.45) is 1.41. The molecule has 2 heterocycles. The molecule has 1 N–H and O–H groups in total. The fraction of sp³-hybridized carbons (Fsp3) is 0.643. The van der Waals surface area contributed by atoms with E-state index in [9.17, 15) is 9.90 Å². The van der Waals surface area contributed by atoms with Crippen LogP contribution in [0.4, 0.5) is 5.82 Å². The summed E-state index contributed by atoms with van der Waals surface area (Å²) < 4.78 is 5.10. The third-order valence-corrected chi connectivity index (χ3v) is 3.79. The normalized spacial score (nSPS) is 22.2. The minimum absolute atomic E-state index is 0.226. The molecule has 1 aliphatic heterocycles. The maximum Gasteiger partial charge on any atom is 0.313 e. The highest BCUT2D eigenvalue weighted by atomic mass is 16.5. The quantitative estimate of drug-likeness (QED) is 0.875. The second-order valence-corrected chi connectivity index (χ2v) is 5.31. The van der Waals surface area contributed by atoms with Crippen LogP contribution in [0, 0.1) is 12.3 Å². The number of hydrogen-bond donors (Lipinski definition) is 1. The lowest BCUT2D eigenvalue weighted by Crippen LogP contribution is -2.38. The van der Waals surface area contributed by atoms with E-state index >= 15 is 0 Å². The molecular formula is C14H21N3O3. The van der Waals surface area contributed by atoms with Crippen molar-refractivity contribution in [2.45, 2.75) is 26.7 Å². The molecule has 110 valence electrons. The zero-order chi connectivity index (χ0) is 14.8. The molecule has 0 unspecified atom stereocenters. The van der Waals surface area contributed by atoms with Gasteiger partial charge in [0.25, 0.3) is 0 Å². The first-order valence-corrected chi connectivity index (χ1v) is 6.82. The number of aryl methyl sites for hydroxylation is 2. The van der Waals surface area contributed by atoms with Crippen LogP contribution in [0.3, 0.4) is 0 Å². The summed E-state index contributed by atoms with van der Waals surface area (Å²) in [7, 11) is 1.54. The van der Waals surface area contributed by atoms with E-state index in [0.29, 0.717) is 19.5 Å². The lowest BCUT2D eigenvalue weighted by atomic mass is 9.88. The van der Waals surface area contributed by atoms with E-state index in [1.165, 1.54) is 7.11 Å². The van der Waals surface area contributed by atoms with Gasteiger partial charge >= 0.3 is 5.97 Å². The van der Waals surface area contributed by atoms with Crippen LogP contribution in [-0.4, -0.2) is 47.8 Å². The highest BCUT2D eigenvalue weighted by Gasteiger charge is 2.45. The Morgan fingerprint density at radius 1 is 1.55 bits per heavy atom. The van der Waals surface area contributed by atoms with Crippen molar-refractivity contribution in [1.29, 1.82) is 0 Å². The average molecular weight is 279 g/mol. The topological polar surface area (TPSA) is 75.5 Å². The van der Waals surface area contributed by atoms with Crippen molar-refractivity contribution in [3.63, 3.8) is 0 Å². The zero-order valence-electron chi connectivity index (χ0n) is 12.2. The van der Waals surface area contributed by atoms with Gasteiger partial charge in [-0.05, 0) is 19.8 Å². The number of aromatic nitrogens is 2. The molecule has 0 saturated carbocycles. The van der Waals surface area contributed by atoms with Crippen LogP contribution in [0.1, 0.15) is 24.9 Å². The summed E-state index contributed by atoms with van der Waals surface area (Å²) in [6, 6.07) is 1.94. The molecule has 1 aromatic heterocycles. The second-order valence-electron chi connectivity index (χ2n) is 5.31. The Bertz CT molecular complexity index is 506. The molecular weight excluding hydrogens is 258 g/mol. The standard InChI is InChI=1S/C14H21N3O3/c1-4-11-7-12(16-10(2)15-11)17-6-5-14(8-17,9-20-3)13(18)19/h7H,4-6,8-9H2,1-3H3,(H,18,19)/t14-/m0/s1. The smallest absolute Gasteiger partial charge is 0.313 e. The molecule has 1 aromatic rings. The molecule has 0 aliphatic carbocycles. The Hall–Kier alpha value is -1.69. The summed E-state index contributed by atoms with van der Waals surface area (Å²) in [5, 5.41) is 9.48. The summed E-state index contributed by atoms with van der Waals surface area (Å²) in [6.45, 7) is 5.23. The molecule has 1 atom stereocenters. The zero-order valence-corrected chi connectivity index (χ0v) is 12.2. The van der Waals surface area contributed by atoms with Crippen LogP contribution in [0.15, 0.2) is 6.07 Å². The molecule has 0 aromatic carbocycles. The van der Waals surface area contributed by atoms with Crippen molar-refractivity contribution in [1.82, 2.24) is 9.97 Å². The lowest BCUT2D eigenvalue weighted by Gasteiger charge is -2.24. The van der Waals surface area contributed by atoms with Gasteiger partial charge in [-0.1, -0.05) is 6.92 Å². The number of carbonyl (C=O) groups is 1. The van der Waals surface area contributed by atoms with E-state index in [4.69, 9.17) is 4.74 Å². The number of ether oxygens (including phenoxy) is 1. The van der Waals surface area contributed by atoms with Crippen molar-refractivity contribution < 1.29 is 14.6 Å². The SMILES string of the molecule is CCc1cc(N2CC[C@](COC)(C(=O)O)C2)nc(C)n1. The molecule has 0 bridgehead atoms. The van der Waals surface area contributed by atoms with Crippen molar-refractivity contribution in [3.8, 4) is 0 Å². The third-order valence-electron chi connectivity index (χ3n) is 3.79. The van der Waals surface area contributed by atoms with Gasteiger partial charge in [-0.25, -0.2) is 9.97 Å². The predicted octanol–water partition coefficient (Wildman–Crippen LogP) is 1.27. The van der Waals surface area contributed by atoms with Gasteiger partial charge in [0.1, 0.15) is 17.1 Å². The summed E-state index contributed by atoms with van der Waals surface area (Å²) >= 11 is 0. The van der Waals surface area contributed by atoms with Crippen molar-refractivity contribution in [2.75, 3.05) is 31.7 Å². The minimum Gasteiger partial charge on any atom is -0.481 e. The van der Waals surface area contributed by atoms with Crippen LogP contribution in [-0.2, 0) is 16.0 Å². The number of carboxylic acids is 1. The van der Waals surface area contributed by atoms with Crippen LogP contribution in [0.5, 0.6) is 0 Å². The Balaban J connectivity index is 2.24. The molecule has 1 aliphatic rings. The predicted molar refractivity (Wildman–Crippen MR) is 74.9 cm³/mol. The number of aliphatic carboxylic acids is 1. The largest absolute Gasteiger partial charge is 0.481 e. The van der Waals surface area contributed by atoms with Crippen LogP contribution in [0.25, 0.3) is 0 Å². The highest BCUT2D eigenvalue weighted by molar-refractivity contribution is 5.77. The van der Waals surface area contributed by atoms with E-state index in [2.05, 4.69) is 9.97 Å². The average Bonchev–Trinajstić information content (AvgIpc) is 2.84. The van der Waals surface area contributed by atoms with Crippen molar-refractivity contribution in [3.05, 3.63) is 17.6 Å². The molecule has 1 fully saturated rings. The molecule has 6 heteroatoms. The van der Waals surface area contributed by atoms with Gasteiger partial charge in [0.05, 0.1) is 6.61 Å². The Labute approximate surface area is 118 Å². The maximum atomic E-state index is 11.5. The Morgan fingerprint density at radius 3 is 2.90 bits per heavy atom. The number of methoxy groups -OCH3 is 1. The summed E-state index contributed by atoms with van der Waals surface area (Å²) in [4.78, 5) is 22.3. The van der Waals surface area contributed by atoms with E-state index in [1.54, 1.807) is 0 Å². The molecule has 20 heavy (non-hydrogen) atoms. The third kappa shape index (κ3) is 2.75. The van der Waals surface area contributed by atoms with Gasteiger partial charge in [0, 0.05) is 32.0 Å². The first-order chi connectivity index (χ1) is 9.50. The van der Waals surface area contributed by atoms with Crippen LogP contribution >= 0.6 is 0 Å². The Kier molecular flexibility index (Phi) is 4.23. The molecule has 1 saturated heterocycles. The molecule has 0 spiro atoms. The number of carboxylic acid groups (broad SMARTS) is 1. The monoisotopic (exact) mass is 279 g/mol. The summed E-state index contributed by atoms with van der Waals surface area (Å²) in [5.41, 5.74) is 0.145. The minimum atomic E-state index is -0.833. The second kappa shape index (κ2) is 5.75. The lowest BCUT2D eigenvalue weighted by molar-refractivity contribution is -0.150. The van der Waals surface area contributed by atoms with Crippen molar-refractivity contribution in [2.24, 2.45) is 5.41 Å². The first kappa shape index (κ1) is 14.7. The van der Waals surface area contributed by atoms with Gasteiger partial charge in [-0.2, -0.15) is 0 Å². The maximum absolute atomic E-state index is 11.5. The number of anilines is 1. The van der Waals surface area contributed by atoms with E-state index in [1.807, 2.05) is 24.8 Å². The van der Waals surface area contributed by atoms with E-state index in [-0.39, 0.29) is 6.61 Å². The Morgan fingerprint density at radius 2 is 2.30 bits per heavy atom. The fourth-order valence-corrected chi connectivity index (χ4v) is 2.65. The van der Waals surface area contributed by atoms with E-state index < -0.39 is 11.4 Å². The van der Waals surface area contributed by atoms with Crippen LogP contribution in [0.2, 0.25) is 0 Å². The van der Waals surface area contributed by atoms with Crippen LogP contribution < -0.4 is 4.90 Å². The number of hydrogen-bond acceptors (Lipinski definition) is 5. The van der Waals surface area contributed by atoms with Crippen molar-refractivity contribution >= 4 is 11.8 Å². The number of nitrogens with zero attached hydrogens (tertiary/aromatic N) is 3. The highest BCUT2D eigenvalue weighted by Crippen LogP contribution is 2.33.